The van der Waals surface area contributed by atoms with Gasteiger partial charge in [0.2, 0.25) is 0 Å². The molecule has 3 unspecified atom stereocenters. The molecule has 1 fully saturated rings. The highest BCUT2D eigenvalue weighted by Crippen LogP contribution is 2.38. The van der Waals surface area contributed by atoms with Crippen molar-refractivity contribution in [3.8, 4) is 0 Å². The second-order valence-corrected chi connectivity index (χ2v) is 5.98. The summed E-state index contributed by atoms with van der Waals surface area (Å²) in [6, 6.07) is 0. The van der Waals surface area contributed by atoms with Crippen molar-refractivity contribution in [3.63, 3.8) is 0 Å². The van der Waals surface area contributed by atoms with Crippen molar-refractivity contribution in [2.45, 2.75) is 44.6 Å². The van der Waals surface area contributed by atoms with Crippen molar-refractivity contribution in [2.24, 2.45) is 5.92 Å². The van der Waals surface area contributed by atoms with Crippen LogP contribution in [-0.2, 0) is 14.3 Å². The van der Waals surface area contributed by atoms with Crippen molar-refractivity contribution in [1.29, 1.82) is 0 Å². The van der Waals surface area contributed by atoms with Crippen LogP contribution >= 0.6 is 0 Å². The van der Waals surface area contributed by atoms with Crippen molar-refractivity contribution >= 4 is 10.1 Å². The van der Waals surface area contributed by atoms with Gasteiger partial charge in [-0.3, -0.25) is 4.18 Å². The van der Waals surface area contributed by atoms with Crippen LogP contribution in [0, 0.1) is 5.92 Å². The van der Waals surface area contributed by atoms with Crippen LogP contribution in [0.2, 0.25) is 0 Å². The van der Waals surface area contributed by atoms with Crippen LogP contribution in [0.5, 0.6) is 0 Å². The first-order chi connectivity index (χ1) is 7.65. The molecule has 1 aliphatic rings. The van der Waals surface area contributed by atoms with E-state index in [0.717, 1.165) is 0 Å². The highest BCUT2D eigenvalue weighted by Gasteiger charge is 2.47. The first-order valence-electron chi connectivity index (χ1n) is 5.31. The van der Waals surface area contributed by atoms with Crippen LogP contribution in [-0.4, -0.2) is 37.7 Å². The molecule has 0 aromatic rings. The van der Waals surface area contributed by atoms with Crippen LogP contribution in [0.15, 0.2) is 0 Å². The maximum absolute atomic E-state index is 12.4. The number of hydrogen-bond donors (Lipinski definition) is 1. The second kappa shape index (κ2) is 5.11. The van der Waals surface area contributed by atoms with Crippen molar-refractivity contribution in [2.75, 3.05) is 5.75 Å². The molecule has 8 heteroatoms. The molecule has 0 heterocycles. The summed E-state index contributed by atoms with van der Waals surface area (Å²) in [5.74, 6) is -2.02. The Kier molecular flexibility index (Phi) is 4.43. The summed E-state index contributed by atoms with van der Waals surface area (Å²) in [4.78, 5) is 0. The molecule has 1 saturated carbocycles. The summed E-state index contributed by atoms with van der Waals surface area (Å²) < 4.78 is 64.2. The van der Waals surface area contributed by atoms with E-state index in [0.29, 0.717) is 0 Å². The van der Waals surface area contributed by atoms with Gasteiger partial charge in [0.15, 0.2) is 0 Å². The molecule has 0 amide bonds. The zero-order chi connectivity index (χ0) is 13.3. The largest absolute Gasteiger partial charge is 0.394 e. The minimum atomic E-state index is -4.45. The highest BCUT2D eigenvalue weighted by atomic mass is 32.2. The molecule has 0 radical (unpaired) electrons. The summed E-state index contributed by atoms with van der Waals surface area (Å²) >= 11 is 0. The third kappa shape index (κ3) is 4.11. The van der Waals surface area contributed by atoms with Crippen molar-refractivity contribution in [3.05, 3.63) is 0 Å². The summed E-state index contributed by atoms with van der Waals surface area (Å²) in [6.45, 7) is 1.38. The van der Waals surface area contributed by atoms with Crippen LogP contribution in [0.3, 0.4) is 0 Å². The van der Waals surface area contributed by atoms with Gasteiger partial charge in [-0.2, -0.15) is 21.6 Å². The van der Waals surface area contributed by atoms with Gasteiger partial charge in [-0.15, -0.1) is 0 Å². The molecule has 0 spiro atoms. The standard InChI is InChI=1S/C9H15F3O4S/c1-2-17(14,15)16-6-3-4-7(8(13)5-6)9(10,11)12/h6-8,13H,2-5H2,1H3. The second-order valence-electron chi connectivity index (χ2n) is 4.09. The molecule has 0 aromatic carbocycles. The van der Waals surface area contributed by atoms with Gasteiger partial charge in [0.25, 0.3) is 10.1 Å². The number of aliphatic hydroxyl groups is 1. The van der Waals surface area contributed by atoms with Gasteiger partial charge in [-0.25, -0.2) is 0 Å². The molecule has 102 valence electrons. The average Bonchev–Trinajstić information content (AvgIpc) is 2.15. The van der Waals surface area contributed by atoms with Gasteiger partial charge >= 0.3 is 6.18 Å². The van der Waals surface area contributed by atoms with E-state index in [2.05, 4.69) is 0 Å². The molecular formula is C9H15F3O4S. The fraction of sp³-hybridized carbons (Fsp3) is 1.00. The molecule has 1 aliphatic carbocycles. The Bertz CT molecular complexity index is 352. The lowest BCUT2D eigenvalue weighted by molar-refractivity contribution is -0.212. The quantitative estimate of drug-likeness (QED) is 0.792. The molecule has 0 aromatic heterocycles. The van der Waals surface area contributed by atoms with Gasteiger partial charge in [0.1, 0.15) is 0 Å². The summed E-state index contributed by atoms with van der Waals surface area (Å²) in [5.41, 5.74) is 0. The van der Waals surface area contributed by atoms with E-state index >= 15 is 0 Å². The smallest absolute Gasteiger partial charge is 0.392 e. The molecule has 4 nitrogen and oxygen atoms in total. The van der Waals surface area contributed by atoms with Crippen LogP contribution in [0.1, 0.15) is 26.2 Å². The van der Waals surface area contributed by atoms with Gasteiger partial charge in [0.05, 0.1) is 23.9 Å². The third-order valence-corrected chi connectivity index (χ3v) is 4.10. The highest BCUT2D eigenvalue weighted by molar-refractivity contribution is 7.86. The minimum Gasteiger partial charge on any atom is -0.392 e. The first kappa shape index (κ1) is 14.7. The average molecular weight is 276 g/mol. The fourth-order valence-electron chi connectivity index (χ4n) is 1.85. The Morgan fingerprint density at radius 3 is 2.35 bits per heavy atom. The van der Waals surface area contributed by atoms with E-state index in [-0.39, 0.29) is 25.0 Å². The number of rotatable bonds is 3. The lowest BCUT2D eigenvalue weighted by Crippen LogP contribution is -2.41. The summed E-state index contributed by atoms with van der Waals surface area (Å²) in [5, 5.41) is 9.35. The van der Waals surface area contributed by atoms with E-state index in [1.165, 1.54) is 6.92 Å². The van der Waals surface area contributed by atoms with Crippen LogP contribution < -0.4 is 0 Å². The minimum absolute atomic E-state index is 0.0134. The number of hydrogen-bond acceptors (Lipinski definition) is 4. The lowest BCUT2D eigenvalue weighted by atomic mass is 9.84. The third-order valence-electron chi connectivity index (χ3n) is 2.83. The molecule has 0 bridgehead atoms. The lowest BCUT2D eigenvalue weighted by Gasteiger charge is -2.33. The Hall–Kier alpha value is -0.340. The molecule has 0 saturated heterocycles. The maximum Gasteiger partial charge on any atom is 0.394 e. The predicted octanol–water partition coefficient (Wildman–Crippen LogP) is 1.44. The van der Waals surface area contributed by atoms with E-state index < -0.39 is 34.4 Å². The monoisotopic (exact) mass is 276 g/mol. The van der Waals surface area contributed by atoms with E-state index in [1.807, 2.05) is 0 Å². The molecule has 1 N–H and O–H groups in total. The Morgan fingerprint density at radius 1 is 1.35 bits per heavy atom. The van der Waals surface area contributed by atoms with Gasteiger partial charge < -0.3 is 5.11 Å². The van der Waals surface area contributed by atoms with E-state index in [4.69, 9.17) is 4.18 Å². The molecule has 0 aliphatic heterocycles. The number of aliphatic hydroxyl groups excluding tert-OH is 1. The van der Waals surface area contributed by atoms with Crippen LogP contribution in [0.25, 0.3) is 0 Å². The zero-order valence-corrected chi connectivity index (χ0v) is 10.1. The summed E-state index contributed by atoms with van der Waals surface area (Å²) in [7, 11) is -3.69. The Balaban J connectivity index is 2.59. The van der Waals surface area contributed by atoms with Gasteiger partial charge in [0, 0.05) is 6.42 Å². The maximum atomic E-state index is 12.4. The molecule has 17 heavy (non-hydrogen) atoms. The van der Waals surface area contributed by atoms with Gasteiger partial charge in [-0.05, 0) is 19.8 Å². The van der Waals surface area contributed by atoms with Gasteiger partial charge in [-0.1, -0.05) is 0 Å². The molecule has 3 atom stereocenters. The first-order valence-corrected chi connectivity index (χ1v) is 6.89. The Morgan fingerprint density at radius 2 is 1.94 bits per heavy atom. The molecular weight excluding hydrogens is 261 g/mol. The van der Waals surface area contributed by atoms with E-state index in [9.17, 15) is 26.7 Å². The zero-order valence-electron chi connectivity index (χ0n) is 9.27. The fourth-order valence-corrected chi connectivity index (χ4v) is 2.58. The normalized spacial score (nSPS) is 31.5. The SMILES string of the molecule is CCS(=O)(=O)OC1CCC(C(F)(F)F)C(O)C1. The number of alkyl halides is 3. The van der Waals surface area contributed by atoms with Crippen molar-refractivity contribution < 1.29 is 30.9 Å². The number of halogens is 3. The Labute approximate surface area is 97.9 Å². The topological polar surface area (TPSA) is 63.6 Å². The van der Waals surface area contributed by atoms with Crippen molar-refractivity contribution in [1.82, 2.24) is 0 Å². The van der Waals surface area contributed by atoms with E-state index in [1.54, 1.807) is 0 Å². The van der Waals surface area contributed by atoms with Crippen LogP contribution in [0.4, 0.5) is 13.2 Å². The summed E-state index contributed by atoms with van der Waals surface area (Å²) in [6.07, 6.45) is -7.53. The predicted molar refractivity (Wildman–Crippen MR) is 53.7 cm³/mol. The molecule has 1 rings (SSSR count).